The molecule has 2 amide bonds. The largest absolute Gasteiger partial charge is 0.326 e. The highest BCUT2D eigenvalue weighted by Gasteiger charge is 2.39. The fraction of sp³-hybridized carbons (Fsp3) is 0.185. The van der Waals surface area contributed by atoms with Gasteiger partial charge in [-0.2, -0.15) is 10.1 Å². The molecule has 2 aliphatic heterocycles. The number of carbonyl (C=O) groups is 2. The second-order valence-electron chi connectivity index (χ2n) is 8.35. The highest BCUT2D eigenvalue weighted by atomic mass is 32.2. The number of amides is 2. The number of aryl methyl sites for hydroxylation is 1. The van der Waals surface area contributed by atoms with Gasteiger partial charge in [0.05, 0.1) is 11.8 Å². The van der Waals surface area contributed by atoms with Gasteiger partial charge in [-0.3, -0.25) is 9.59 Å². The standard InChI is InChI=1S/C27H24N4O2S/c1-18-12-14-20(15-13-18)23-16-22(19-8-4-2-5-9-19)30-31(23)27-29-26(33)24(34-27)17-25(32)28-21-10-6-3-7-11-21/h2-15,23-24H,16-17H2,1H3,(H,28,32). The van der Waals surface area contributed by atoms with E-state index in [1.165, 1.54) is 17.3 Å². The Morgan fingerprint density at radius 2 is 1.68 bits per heavy atom. The molecule has 0 saturated heterocycles. The number of thioether (sulfide) groups is 1. The molecular formula is C27H24N4O2S. The number of benzene rings is 3. The highest BCUT2D eigenvalue weighted by Crippen LogP contribution is 2.38. The summed E-state index contributed by atoms with van der Waals surface area (Å²) in [6.07, 6.45) is 0.768. The van der Waals surface area contributed by atoms with Crippen molar-refractivity contribution in [3.8, 4) is 0 Å². The van der Waals surface area contributed by atoms with Crippen LogP contribution in [0.1, 0.15) is 35.6 Å². The number of hydrogen-bond donors (Lipinski definition) is 1. The fourth-order valence-corrected chi connectivity index (χ4v) is 5.11. The van der Waals surface area contributed by atoms with Crippen LogP contribution in [0, 0.1) is 6.92 Å². The summed E-state index contributed by atoms with van der Waals surface area (Å²) in [4.78, 5) is 29.5. The van der Waals surface area contributed by atoms with Crippen LogP contribution in [0.4, 0.5) is 5.69 Å². The molecule has 34 heavy (non-hydrogen) atoms. The Balaban J connectivity index is 1.35. The zero-order valence-corrected chi connectivity index (χ0v) is 19.5. The van der Waals surface area contributed by atoms with E-state index < -0.39 is 5.25 Å². The quantitative estimate of drug-likeness (QED) is 0.560. The van der Waals surface area contributed by atoms with E-state index in [2.05, 4.69) is 41.5 Å². The van der Waals surface area contributed by atoms with Crippen LogP contribution in [0.25, 0.3) is 0 Å². The Kier molecular flexibility index (Phi) is 6.27. The second-order valence-corrected chi connectivity index (χ2v) is 9.52. The van der Waals surface area contributed by atoms with E-state index in [4.69, 9.17) is 5.10 Å². The van der Waals surface area contributed by atoms with Gasteiger partial charge in [-0.1, -0.05) is 90.1 Å². The first kappa shape index (κ1) is 22.1. The molecule has 0 fully saturated rings. The lowest BCUT2D eigenvalue weighted by molar-refractivity contribution is -0.121. The summed E-state index contributed by atoms with van der Waals surface area (Å²) in [7, 11) is 0. The Morgan fingerprint density at radius 3 is 2.38 bits per heavy atom. The number of carbonyl (C=O) groups excluding carboxylic acids is 2. The molecule has 0 saturated carbocycles. The third-order valence-electron chi connectivity index (χ3n) is 5.83. The lowest BCUT2D eigenvalue weighted by Crippen LogP contribution is -2.25. The van der Waals surface area contributed by atoms with E-state index in [1.54, 1.807) is 0 Å². The molecule has 3 aromatic carbocycles. The van der Waals surface area contributed by atoms with Crippen LogP contribution < -0.4 is 5.32 Å². The first-order valence-electron chi connectivity index (χ1n) is 11.2. The van der Waals surface area contributed by atoms with Gasteiger partial charge in [-0.05, 0) is 30.2 Å². The number of aliphatic imine (C=N–C) groups is 1. The summed E-state index contributed by atoms with van der Waals surface area (Å²) >= 11 is 1.31. The van der Waals surface area contributed by atoms with Gasteiger partial charge in [-0.25, -0.2) is 5.01 Å². The van der Waals surface area contributed by atoms with Crippen LogP contribution in [0.3, 0.4) is 0 Å². The predicted molar refractivity (Wildman–Crippen MR) is 137 cm³/mol. The molecule has 3 aromatic rings. The first-order valence-corrected chi connectivity index (χ1v) is 12.1. The summed E-state index contributed by atoms with van der Waals surface area (Å²) in [5, 5.41) is 9.56. The summed E-state index contributed by atoms with van der Waals surface area (Å²) in [6.45, 7) is 2.06. The molecule has 2 unspecified atom stereocenters. The van der Waals surface area contributed by atoms with Gasteiger partial charge in [0.1, 0.15) is 5.25 Å². The molecule has 0 aromatic heterocycles. The number of hydrogen-bond acceptors (Lipinski definition) is 5. The molecule has 0 aliphatic carbocycles. The third kappa shape index (κ3) is 4.79. The lowest BCUT2D eigenvalue weighted by atomic mass is 9.98. The number of hydrazone groups is 1. The number of nitrogens with zero attached hydrogens (tertiary/aromatic N) is 3. The van der Waals surface area contributed by atoms with E-state index in [0.717, 1.165) is 16.8 Å². The average molecular weight is 469 g/mol. The summed E-state index contributed by atoms with van der Waals surface area (Å²) < 4.78 is 0. The smallest absolute Gasteiger partial charge is 0.262 e. The highest BCUT2D eigenvalue weighted by molar-refractivity contribution is 8.15. The molecule has 170 valence electrons. The summed E-state index contributed by atoms with van der Waals surface area (Å²) in [5.41, 5.74) is 5.01. The van der Waals surface area contributed by atoms with Gasteiger partial charge in [0.25, 0.3) is 5.91 Å². The van der Waals surface area contributed by atoms with Crippen molar-refractivity contribution < 1.29 is 9.59 Å². The maximum atomic E-state index is 12.7. The van der Waals surface area contributed by atoms with Crippen LogP contribution in [0.5, 0.6) is 0 Å². The van der Waals surface area contributed by atoms with Gasteiger partial charge in [-0.15, -0.1) is 0 Å². The SMILES string of the molecule is Cc1ccc(C2CC(c3ccccc3)=NN2C2=NC(=O)C(CC(=O)Nc3ccccc3)S2)cc1. The number of amidine groups is 1. The van der Waals surface area contributed by atoms with Crippen molar-refractivity contribution in [2.24, 2.45) is 10.1 Å². The van der Waals surface area contributed by atoms with Crippen LogP contribution in [-0.2, 0) is 9.59 Å². The van der Waals surface area contributed by atoms with Crippen molar-refractivity contribution in [1.82, 2.24) is 5.01 Å². The van der Waals surface area contributed by atoms with Gasteiger partial charge in [0.2, 0.25) is 5.91 Å². The van der Waals surface area contributed by atoms with Crippen LogP contribution >= 0.6 is 11.8 Å². The molecule has 0 spiro atoms. The number of para-hydroxylation sites is 1. The molecule has 5 rings (SSSR count). The molecule has 7 heteroatoms. The Hall–Kier alpha value is -3.71. The Morgan fingerprint density at radius 1 is 1.00 bits per heavy atom. The molecule has 1 N–H and O–H groups in total. The monoisotopic (exact) mass is 468 g/mol. The van der Waals surface area contributed by atoms with E-state index in [-0.39, 0.29) is 24.3 Å². The van der Waals surface area contributed by atoms with Crippen LogP contribution in [-0.4, -0.2) is 33.0 Å². The average Bonchev–Trinajstić information content (AvgIpc) is 3.45. The second kappa shape index (κ2) is 9.65. The molecule has 6 nitrogen and oxygen atoms in total. The number of nitrogens with one attached hydrogen (secondary N) is 1. The van der Waals surface area contributed by atoms with Gasteiger partial charge >= 0.3 is 0 Å². The predicted octanol–water partition coefficient (Wildman–Crippen LogP) is 5.17. The van der Waals surface area contributed by atoms with Gasteiger partial charge in [0.15, 0.2) is 5.17 Å². The third-order valence-corrected chi connectivity index (χ3v) is 6.97. The Labute approximate surface area is 202 Å². The van der Waals surface area contributed by atoms with Crippen LogP contribution in [0.2, 0.25) is 0 Å². The molecule has 2 heterocycles. The molecule has 2 atom stereocenters. The Bertz CT molecular complexity index is 1260. The van der Waals surface area contributed by atoms with E-state index in [9.17, 15) is 9.59 Å². The zero-order chi connectivity index (χ0) is 23.5. The summed E-state index contributed by atoms with van der Waals surface area (Å²) in [5.74, 6) is -0.507. The number of rotatable bonds is 5. The van der Waals surface area contributed by atoms with Crippen molar-refractivity contribution in [1.29, 1.82) is 0 Å². The topological polar surface area (TPSA) is 74.1 Å². The van der Waals surface area contributed by atoms with Crippen molar-refractivity contribution in [3.63, 3.8) is 0 Å². The molecule has 2 aliphatic rings. The minimum absolute atomic E-state index is 0.0592. The maximum absolute atomic E-state index is 12.7. The first-order chi connectivity index (χ1) is 16.6. The number of anilines is 1. The van der Waals surface area contributed by atoms with E-state index in [1.807, 2.05) is 65.7 Å². The minimum Gasteiger partial charge on any atom is -0.326 e. The van der Waals surface area contributed by atoms with Gasteiger partial charge < -0.3 is 5.32 Å². The molecular weight excluding hydrogens is 444 g/mol. The van der Waals surface area contributed by atoms with Crippen molar-refractivity contribution in [2.45, 2.75) is 31.1 Å². The normalized spacial score (nSPS) is 19.7. The maximum Gasteiger partial charge on any atom is 0.262 e. The molecule has 0 radical (unpaired) electrons. The zero-order valence-electron chi connectivity index (χ0n) is 18.7. The van der Waals surface area contributed by atoms with Crippen molar-refractivity contribution in [3.05, 3.63) is 102 Å². The minimum atomic E-state index is -0.562. The fourth-order valence-electron chi connectivity index (χ4n) is 4.05. The van der Waals surface area contributed by atoms with E-state index >= 15 is 0 Å². The summed E-state index contributed by atoms with van der Waals surface area (Å²) in [6, 6.07) is 27.6. The van der Waals surface area contributed by atoms with Gasteiger partial charge in [0, 0.05) is 18.5 Å². The van der Waals surface area contributed by atoms with Crippen LogP contribution in [0.15, 0.2) is 95.0 Å². The van der Waals surface area contributed by atoms with Crippen molar-refractivity contribution >= 4 is 40.1 Å². The van der Waals surface area contributed by atoms with Crippen molar-refractivity contribution in [2.75, 3.05) is 5.32 Å². The lowest BCUT2D eigenvalue weighted by Gasteiger charge is -2.23. The van der Waals surface area contributed by atoms with E-state index in [0.29, 0.717) is 17.3 Å². The molecule has 0 bridgehead atoms.